The molecule has 0 unspecified atom stereocenters. The van der Waals surface area contributed by atoms with Crippen molar-refractivity contribution in [1.29, 1.82) is 0 Å². The van der Waals surface area contributed by atoms with Crippen LogP contribution in [0.2, 0.25) is 5.02 Å². The summed E-state index contributed by atoms with van der Waals surface area (Å²) in [5, 5.41) is 17.4. The van der Waals surface area contributed by atoms with Gasteiger partial charge in [0.25, 0.3) is 0 Å². The van der Waals surface area contributed by atoms with Crippen LogP contribution in [0.25, 0.3) is 22.6 Å². The monoisotopic (exact) mass is 558 g/mol. The highest BCUT2D eigenvalue weighted by Crippen LogP contribution is 2.43. The lowest BCUT2D eigenvalue weighted by Gasteiger charge is -2.26. The molecule has 0 saturated carbocycles. The Balaban J connectivity index is 1.71. The van der Waals surface area contributed by atoms with Crippen LogP contribution in [-0.4, -0.2) is 83.6 Å². The Kier molecular flexibility index (Phi) is 8.61. The molecule has 1 aliphatic heterocycles. The number of aliphatic hydroxyl groups excluding tert-OH is 1. The topological polar surface area (TPSA) is 112 Å². The molecule has 206 valence electrons. The summed E-state index contributed by atoms with van der Waals surface area (Å²) in [6.07, 6.45) is -5.10. The normalized spacial score (nSPS) is 15.4. The second-order valence-electron chi connectivity index (χ2n) is 8.58. The second kappa shape index (κ2) is 11.7. The third kappa shape index (κ3) is 5.96. The first-order chi connectivity index (χ1) is 18.1. The number of carbonyl (C=O) groups is 1. The van der Waals surface area contributed by atoms with Crippen molar-refractivity contribution < 1.29 is 41.8 Å². The van der Waals surface area contributed by atoms with E-state index in [1.54, 1.807) is 12.1 Å². The molecule has 0 spiro atoms. The first-order valence-corrected chi connectivity index (χ1v) is 12.1. The second-order valence-corrected chi connectivity index (χ2v) is 8.96. The Hall–Kier alpha value is -3.13. The van der Waals surface area contributed by atoms with E-state index in [4.69, 9.17) is 30.3 Å². The molecule has 1 N–H and O–H groups in total. The van der Waals surface area contributed by atoms with E-state index in [1.165, 1.54) is 13.0 Å². The molecular formula is C24H26ClF3N4O6. The molecule has 0 aliphatic carbocycles. The van der Waals surface area contributed by atoms with Crippen LogP contribution in [-0.2, 0) is 22.2 Å². The van der Waals surface area contributed by atoms with Crippen molar-refractivity contribution in [1.82, 2.24) is 19.8 Å². The van der Waals surface area contributed by atoms with Gasteiger partial charge in [-0.2, -0.15) is 18.3 Å². The van der Waals surface area contributed by atoms with Gasteiger partial charge in [-0.1, -0.05) is 28.9 Å². The lowest BCUT2D eigenvalue weighted by Crippen LogP contribution is -2.38. The van der Waals surface area contributed by atoms with Gasteiger partial charge in [0.1, 0.15) is 23.6 Å². The van der Waals surface area contributed by atoms with Crippen molar-refractivity contribution in [2.45, 2.75) is 25.7 Å². The SMILES string of the molecule is COC(=O)c1c(-c2cccc(OCCN3CCOCC3)c2Cl)noc1-c1cnn(C[C@H](C)O)c1C(F)(F)F. The van der Waals surface area contributed by atoms with Crippen molar-refractivity contribution >= 4 is 17.6 Å². The summed E-state index contributed by atoms with van der Waals surface area (Å²) < 4.78 is 64.0. The van der Waals surface area contributed by atoms with Crippen LogP contribution < -0.4 is 4.74 Å². The Morgan fingerprint density at radius 2 is 2.00 bits per heavy atom. The maximum Gasteiger partial charge on any atom is 0.433 e. The number of benzene rings is 1. The van der Waals surface area contributed by atoms with E-state index >= 15 is 0 Å². The molecule has 1 saturated heterocycles. The molecular weight excluding hydrogens is 533 g/mol. The van der Waals surface area contributed by atoms with Gasteiger partial charge in [0.05, 0.1) is 49.8 Å². The molecule has 10 nitrogen and oxygen atoms in total. The van der Waals surface area contributed by atoms with Gasteiger partial charge in [-0.3, -0.25) is 9.58 Å². The van der Waals surface area contributed by atoms with Crippen LogP contribution >= 0.6 is 11.6 Å². The number of methoxy groups -OCH3 is 1. The van der Waals surface area contributed by atoms with Crippen molar-refractivity contribution in [3.8, 4) is 28.3 Å². The molecule has 0 amide bonds. The summed E-state index contributed by atoms with van der Waals surface area (Å²) in [6, 6.07) is 4.78. The molecule has 3 aromatic rings. The van der Waals surface area contributed by atoms with E-state index in [0.717, 1.165) is 26.4 Å². The largest absolute Gasteiger partial charge is 0.491 e. The fraction of sp³-hybridized carbons (Fsp3) is 0.458. The van der Waals surface area contributed by atoms with Gasteiger partial charge in [-0.25, -0.2) is 4.79 Å². The molecule has 1 aliphatic rings. The summed E-state index contributed by atoms with van der Waals surface area (Å²) in [6.45, 7) is 4.73. The van der Waals surface area contributed by atoms with E-state index in [9.17, 15) is 23.1 Å². The molecule has 0 radical (unpaired) electrons. The van der Waals surface area contributed by atoms with E-state index in [-0.39, 0.29) is 21.8 Å². The summed E-state index contributed by atoms with van der Waals surface area (Å²) in [7, 11) is 1.08. The Morgan fingerprint density at radius 3 is 2.66 bits per heavy atom. The van der Waals surface area contributed by atoms with Crippen LogP contribution in [0, 0.1) is 0 Å². The van der Waals surface area contributed by atoms with Crippen LogP contribution in [0.4, 0.5) is 13.2 Å². The van der Waals surface area contributed by atoms with Gasteiger partial charge in [0.2, 0.25) is 0 Å². The van der Waals surface area contributed by atoms with Crippen LogP contribution in [0.3, 0.4) is 0 Å². The minimum Gasteiger partial charge on any atom is -0.491 e. The molecule has 4 rings (SSSR count). The minimum absolute atomic E-state index is 0.0975. The van der Waals surface area contributed by atoms with Gasteiger partial charge < -0.3 is 23.8 Å². The minimum atomic E-state index is -4.88. The van der Waals surface area contributed by atoms with Gasteiger partial charge in [0, 0.05) is 25.2 Å². The predicted molar refractivity (Wildman–Crippen MR) is 129 cm³/mol. The Bertz CT molecular complexity index is 1270. The molecule has 0 bridgehead atoms. The highest BCUT2D eigenvalue weighted by molar-refractivity contribution is 6.35. The van der Waals surface area contributed by atoms with Crippen molar-refractivity contribution in [3.05, 3.63) is 40.7 Å². The standard InChI is InChI=1S/C24H26ClF3N4O6/c1-14(33)13-32-22(24(26,27)28)16(12-29-32)21-18(23(34)35-2)20(30-38-21)15-4-3-5-17(19(15)25)37-11-8-31-6-9-36-10-7-31/h3-5,12,14,33H,6-11,13H2,1-2H3/t14-/m0/s1. The summed E-state index contributed by atoms with van der Waals surface area (Å²) >= 11 is 6.59. The number of alkyl halides is 3. The van der Waals surface area contributed by atoms with Crippen molar-refractivity contribution in [3.63, 3.8) is 0 Å². The average Bonchev–Trinajstić information content (AvgIpc) is 3.49. The van der Waals surface area contributed by atoms with Gasteiger partial charge >= 0.3 is 12.1 Å². The van der Waals surface area contributed by atoms with Crippen molar-refractivity contribution in [2.75, 3.05) is 46.6 Å². The number of morpholine rings is 1. The molecule has 38 heavy (non-hydrogen) atoms. The molecule has 3 heterocycles. The quantitative estimate of drug-likeness (QED) is 0.392. The summed E-state index contributed by atoms with van der Waals surface area (Å²) in [4.78, 5) is 15.0. The van der Waals surface area contributed by atoms with Gasteiger partial charge in [-0.05, 0) is 13.0 Å². The fourth-order valence-electron chi connectivity index (χ4n) is 4.10. The number of hydrogen-bond donors (Lipinski definition) is 1. The number of rotatable bonds is 9. The third-order valence-corrected chi connectivity index (χ3v) is 6.25. The van der Waals surface area contributed by atoms with E-state index in [2.05, 4.69) is 15.2 Å². The smallest absolute Gasteiger partial charge is 0.433 e. The zero-order chi connectivity index (χ0) is 27.4. The zero-order valence-electron chi connectivity index (χ0n) is 20.6. The van der Waals surface area contributed by atoms with Crippen LogP contribution in [0.15, 0.2) is 28.9 Å². The number of esters is 1. The predicted octanol–water partition coefficient (Wildman–Crippen LogP) is 3.76. The number of nitrogens with zero attached hydrogens (tertiary/aromatic N) is 4. The van der Waals surface area contributed by atoms with E-state index in [1.807, 2.05) is 0 Å². The lowest BCUT2D eigenvalue weighted by atomic mass is 10.0. The van der Waals surface area contributed by atoms with Gasteiger partial charge in [-0.15, -0.1) is 0 Å². The van der Waals surface area contributed by atoms with E-state index in [0.29, 0.717) is 36.8 Å². The number of hydrogen-bond acceptors (Lipinski definition) is 9. The maximum absolute atomic E-state index is 14.0. The molecule has 1 aromatic carbocycles. The maximum atomic E-state index is 14.0. The molecule has 14 heteroatoms. The number of aromatic nitrogens is 3. The van der Waals surface area contributed by atoms with E-state index < -0.39 is 41.8 Å². The first kappa shape index (κ1) is 27.9. The number of carbonyl (C=O) groups excluding carboxylic acids is 1. The number of aliphatic hydroxyl groups is 1. The molecule has 1 fully saturated rings. The average molecular weight is 559 g/mol. The van der Waals surface area contributed by atoms with Crippen LogP contribution in [0.5, 0.6) is 5.75 Å². The highest BCUT2D eigenvalue weighted by Gasteiger charge is 2.41. The van der Waals surface area contributed by atoms with Crippen LogP contribution in [0.1, 0.15) is 23.0 Å². The molecule has 2 aromatic heterocycles. The zero-order valence-corrected chi connectivity index (χ0v) is 21.4. The highest BCUT2D eigenvalue weighted by atomic mass is 35.5. The molecule has 1 atom stereocenters. The number of ether oxygens (including phenoxy) is 3. The summed E-state index contributed by atoms with van der Waals surface area (Å²) in [5.41, 5.74) is -2.02. The fourth-order valence-corrected chi connectivity index (χ4v) is 4.37. The third-order valence-electron chi connectivity index (χ3n) is 5.86. The van der Waals surface area contributed by atoms with Crippen molar-refractivity contribution in [2.24, 2.45) is 0 Å². The first-order valence-electron chi connectivity index (χ1n) is 11.7. The summed E-state index contributed by atoms with van der Waals surface area (Å²) in [5.74, 6) is -1.17. The van der Waals surface area contributed by atoms with Gasteiger partial charge in [0.15, 0.2) is 11.5 Å². The Morgan fingerprint density at radius 1 is 1.26 bits per heavy atom. The Labute approximate surface area is 220 Å². The lowest BCUT2D eigenvalue weighted by molar-refractivity contribution is -0.144. The number of halogens is 4.